The predicted octanol–water partition coefficient (Wildman–Crippen LogP) is 19.7. The van der Waals surface area contributed by atoms with Crippen LogP contribution in [0, 0.1) is 5.92 Å². The maximum absolute atomic E-state index is 13.0. The van der Waals surface area contributed by atoms with Gasteiger partial charge in [-0.3, -0.25) is 37.3 Å². The van der Waals surface area contributed by atoms with Gasteiger partial charge in [0.15, 0.2) is 12.2 Å². The van der Waals surface area contributed by atoms with E-state index < -0.39 is 97.5 Å². The lowest BCUT2D eigenvalue weighted by atomic mass is 10.0. The predicted molar refractivity (Wildman–Crippen MR) is 354 cm³/mol. The normalized spacial score (nSPS) is 14.1. The van der Waals surface area contributed by atoms with E-state index >= 15 is 0 Å². The van der Waals surface area contributed by atoms with Gasteiger partial charge < -0.3 is 33.8 Å². The Labute approximate surface area is 537 Å². The largest absolute Gasteiger partial charge is 0.472 e. The maximum atomic E-state index is 13.0. The van der Waals surface area contributed by atoms with Crippen molar-refractivity contribution in [3.8, 4) is 0 Å². The molecule has 5 atom stereocenters. The first kappa shape index (κ1) is 86.1. The van der Waals surface area contributed by atoms with E-state index in [4.69, 9.17) is 37.0 Å². The monoisotopic (exact) mass is 1300 g/mol. The third-order valence-electron chi connectivity index (χ3n) is 16.0. The van der Waals surface area contributed by atoms with Crippen LogP contribution in [0.4, 0.5) is 0 Å². The molecular formula is C69H134O17P2. The number of hydrogen-bond acceptors (Lipinski definition) is 15. The van der Waals surface area contributed by atoms with Crippen LogP contribution in [0.3, 0.4) is 0 Å². The molecule has 0 saturated carbocycles. The number of unbranched alkanes of at least 4 members (excludes halogenated alkanes) is 41. The van der Waals surface area contributed by atoms with Crippen LogP contribution in [0.5, 0.6) is 0 Å². The van der Waals surface area contributed by atoms with Crippen molar-refractivity contribution >= 4 is 39.5 Å². The number of phosphoric acid groups is 2. The second-order valence-corrected chi connectivity index (χ2v) is 28.3. The number of aliphatic hydroxyl groups is 1. The first-order chi connectivity index (χ1) is 42.5. The molecule has 17 nitrogen and oxygen atoms in total. The van der Waals surface area contributed by atoms with Gasteiger partial charge in [0.1, 0.15) is 19.3 Å². The van der Waals surface area contributed by atoms with Crippen molar-refractivity contribution in [3.63, 3.8) is 0 Å². The molecule has 0 heterocycles. The number of carbonyl (C=O) groups excluding carboxylic acids is 4. The summed E-state index contributed by atoms with van der Waals surface area (Å²) in [7, 11) is -9.89. The fourth-order valence-corrected chi connectivity index (χ4v) is 12.0. The molecule has 0 aromatic carbocycles. The lowest BCUT2D eigenvalue weighted by Gasteiger charge is -2.21. The van der Waals surface area contributed by atoms with Crippen molar-refractivity contribution in [1.82, 2.24) is 0 Å². The summed E-state index contributed by atoms with van der Waals surface area (Å²) in [6, 6.07) is 0. The van der Waals surface area contributed by atoms with E-state index in [0.29, 0.717) is 31.6 Å². The average molecular weight is 1300 g/mol. The molecule has 0 rings (SSSR count). The lowest BCUT2D eigenvalue weighted by Crippen LogP contribution is -2.30. The Morgan fingerprint density at radius 3 is 0.773 bits per heavy atom. The SMILES string of the molecule is CCCCCCCCCCCCCCCCCC(=O)O[C@H](COC(=O)CCCCCCCCCCCCCCC)COP(=O)(O)OC[C@@H](O)COP(=O)(O)OC[C@@H](COC(=O)CCCCCCCCCCCC)OC(=O)CCCCCCCCCC(C)C. The highest BCUT2D eigenvalue weighted by Gasteiger charge is 2.30. The summed E-state index contributed by atoms with van der Waals surface area (Å²) in [5, 5.41) is 10.6. The Hall–Kier alpha value is -1.94. The molecule has 0 aromatic heterocycles. The highest BCUT2D eigenvalue weighted by atomic mass is 31.2. The number of phosphoric ester groups is 2. The summed E-state index contributed by atoms with van der Waals surface area (Å²) in [4.78, 5) is 72.4. The third-order valence-corrected chi connectivity index (χ3v) is 17.9. The zero-order chi connectivity index (χ0) is 64.9. The van der Waals surface area contributed by atoms with E-state index in [2.05, 4.69) is 34.6 Å². The van der Waals surface area contributed by atoms with Crippen LogP contribution in [-0.2, 0) is 65.4 Å². The summed E-state index contributed by atoms with van der Waals surface area (Å²) >= 11 is 0. The molecule has 0 spiro atoms. The topological polar surface area (TPSA) is 237 Å². The van der Waals surface area contributed by atoms with Crippen molar-refractivity contribution in [2.45, 2.75) is 374 Å². The van der Waals surface area contributed by atoms with Gasteiger partial charge in [0.2, 0.25) is 0 Å². The average Bonchev–Trinajstić information content (AvgIpc) is 3.58. The number of rotatable bonds is 69. The van der Waals surface area contributed by atoms with E-state index in [0.717, 1.165) is 89.9 Å². The zero-order valence-corrected chi connectivity index (χ0v) is 58.6. The second kappa shape index (κ2) is 62.5. The first-order valence-corrected chi connectivity index (χ1v) is 39.1. The molecule has 2 unspecified atom stereocenters. The van der Waals surface area contributed by atoms with Crippen molar-refractivity contribution in [1.29, 1.82) is 0 Å². The quantitative estimate of drug-likeness (QED) is 0.0222. The number of hydrogen-bond donors (Lipinski definition) is 3. The zero-order valence-electron chi connectivity index (χ0n) is 56.9. The third kappa shape index (κ3) is 62.8. The highest BCUT2D eigenvalue weighted by molar-refractivity contribution is 7.47. The molecule has 0 aliphatic heterocycles. The van der Waals surface area contributed by atoms with Gasteiger partial charge in [-0.25, -0.2) is 9.13 Å². The molecule has 0 aliphatic carbocycles. The van der Waals surface area contributed by atoms with E-state index in [1.54, 1.807) is 0 Å². The minimum atomic E-state index is -4.95. The van der Waals surface area contributed by atoms with E-state index in [-0.39, 0.29) is 25.7 Å². The standard InChI is InChI=1S/C69H134O17P2/c1-6-9-12-15-18-21-24-26-27-29-31-34-39-44-49-54-68(73)85-64(58-80-67(72)53-48-43-38-33-30-28-25-22-19-16-13-10-7-2)60-83-87(75,76)81-56-63(70)57-82-88(77,78)84-61-65(86-69(74)55-50-45-40-35-36-41-46-51-62(4)5)59-79-66(71)52-47-42-37-32-23-20-17-14-11-8-3/h62-65,70H,6-61H2,1-5H3,(H,75,76)(H,77,78)/t63-,64-,65-/m1/s1. The van der Waals surface area contributed by atoms with Gasteiger partial charge in [-0.1, -0.05) is 304 Å². The summed E-state index contributed by atoms with van der Waals surface area (Å²) in [6.07, 6.45) is 48.5. The molecule has 0 fully saturated rings. The van der Waals surface area contributed by atoms with Crippen LogP contribution >= 0.6 is 15.6 Å². The van der Waals surface area contributed by atoms with E-state index in [1.807, 2.05) is 0 Å². The summed E-state index contributed by atoms with van der Waals surface area (Å²) < 4.78 is 68.2. The molecular weight excluding hydrogens is 1160 g/mol. The van der Waals surface area contributed by atoms with Crippen molar-refractivity contribution < 1.29 is 80.2 Å². The molecule has 0 radical (unpaired) electrons. The molecule has 3 N–H and O–H groups in total. The summed E-state index contributed by atoms with van der Waals surface area (Å²) in [5.74, 6) is -1.43. The fourth-order valence-electron chi connectivity index (χ4n) is 10.5. The van der Waals surface area contributed by atoms with Crippen LogP contribution in [-0.4, -0.2) is 96.7 Å². The van der Waals surface area contributed by atoms with Gasteiger partial charge in [0.05, 0.1) is 26.4 Å². The van der Waals surface area contributed by atoms with Crippen LogP contribution in [0.25, 0.3) is 0 Å². The van der Waals surface area contributed by atoms with Crippen LogP contribution in [0.2, 0.25) is 0 Å². The number of ether oxygens (including phenoxy) is 4. The Morgan fingerprint density at radius 1 is 0.307 bits per heavy atom. The summed E-state index contributed by atoms with van der Waals surface area (Å²) in [5.41, 5.74) is 0. The Morgan fingerprint density at radius 2 is 0.523 bits per heavy atom. The maximum Gasteiger partial charge on any atom is 0.472 e. The van der Waals surface area contributed by atoms with Gasteiger partial charge in [0, 0.05) is 25.7 Å². The van der Waals surface area contributed by atoms with Crippen LogP contribution < -0.4 is 0 Å². The molecule has 88 heavy (non-hydrogen) atoms. The van der Waals surface area contributed by atoms with Crippen molar-refractivity contribution in [2.24, 2.45) is 5.92 Å². The molecule has 0 aliphatic rings. The molecule has 19 heteroatoms. The summed E-state index contributed by atoms with van der Waals surface area (Å²) in [6.45, 7) is 7.17. The molecule has 0 amide bonds. The van der Waals surface area contributed by atoms with Gasteiger partial charge >= 0.3 is 39.5 Å². The smallest absolute Gasteiger partial charge is 0.462 e. The first-order valence-electron chi connectivity index (χ1n) is 36.1. The number of aliphatic hydroxyl groups excluding tert-OH is 1. The number of carbonyl (C=O) groups is 4. The van der Waals surface area contributed by atoms with Crippen LogP contribution in [0.1, 0.15) is 356 Å². The van der Waals surface area contributed by atoms with Crippen molar-refractivity contribution in [2.75, 3.05) is 39.6 Å². The second-order valence-electron chi connectivity index (χ2n) is 25.4. The Balaban J connectivity index is 5.23. The molecule has 522 valence electrons. The van der Waals surface area contributed by atoms with Crippen LogP contribution in [0.15, 0.2) is 0 Å². The lowest BCUT2D eigenvalue weighted by molar-refractivity contribution is -0.161. The van der Waals surface area contributed by atoms with Crippen molar-refractivity contribution in [3.05, 3.63) is 0 Å². The van der Waals surface area contributed by atoms with Gasteiger partial charge in [-0.15, -0.1) is 0 Å². The molecule has 0 saturated heterocycles. The minimum absolute atomic E-state index is 0.104. The fraction of sp³-hybridized carbons (Fsp3) is 0.942. The Kier molecular flexibility index (Phi) is 61.1. The highest BCUT2D eigenvalue weighted by Crippen LogP contribution is 2.45. The Bertz CT molecular complexity index is 1700. The van der Waals surface area contributed by atoms with Gasteiger partial charge in [-0.05, 0) is 31.6 Å². The molecule has 0 aromatic rings. The molecule has 0 bridgehead atoms. The van der Waals surface area contributed by atoms with Gasteiger partial charge in [-0.2, -0.15) is 0 Å². The van der Waals surface area contributed by atoms with E-state index in [9.17, 15) is 43.2 Å². The minimum Gasteiger partial charge on any atom is -0.462 e. The number of esters is 4. The van der Waals surface area contributed by atoms with Gasteiger partial charge in [0.25, 0.3) is 0 Å². The van der Waals surface area contributed by atoms with E-state index in [1.165, 1.54) is 180 Å².